The molecule has 2 nitrogen and oxygen atoms in total. The number of amides is 1. The molecule has 1 amide bonds. The maximum Gasteiger partial charge on any atom is 0.220 e. The average molecular weight is 300 g/mol. The SMILES string of the molecule is Cc1ccc(C2CC(=O)NC2Cc2ccccc2)cc1Cl. The molecule has 2 aromatic carbocycles. The lowest BCUT2D eigenvalue weighted by molar-refractivity contribution is -0.119. The summed E-state index contributed by atoms with van der Waals surface area (Å²) in [5, 5.41) is 3.87. The molecule has 0 spiro atoms. The largest absolute Gasteiger partial charge is 0.352 e. The molecule has 1 saturated heterocycles. The van der Waals surface area contributed by atoms with Crippen molar-refractivity contribution in [2.24, 2.45) is 0 Å². The molecular formula is C18H18ClNO. The molecule has 0 radical (unpaired) electrons. The molecular weight excluding hydrogens is 282 g/mol. The molecule has 1 fully saturated rings. The smallest absolute Gasteiger partial charge is 0.220 e. The van der Waals surface area contributed by atoms with Gasteiger partial charge >= 0.3 is 0 Å². The highest BCUT2D eigenvalue weighted by molar-refractivity contribution is 6.31. The van der Waals surface area contributed by atoms with E-state index in [-0.39, 0.29) is 17.9 Å². The minimum absolute atomic E-state index is 0.123. The molecule has 0 aromatic heterocycles. The summed E-state index contributed by atoms with van der Waals surface area (Å²) in [6.07, 6.45) is 1.39. The van der Waals surface area contributed by atoms with Crippen molar-refractivity contribution in [1.82, 2.24) is 5.32 Å². The van der Waals surface area contributed by atoms with Crippen LogP contribution in [0.3, 0.4) is 0 Å². The fraction of sp³-hybridized carbons (Fsp3) is 0.278. The van der Waals surface area contributed by atoms with Crippen LogP contribution in [0.4, 0.5) is 0 Å². The first kappa shape index (κ1) is 14.2. The van der Waals surface area contributed by atoms with E-state index in [4.69, 9.17) is 11.6 Å². The van der Waals surface area contributed by atoms with Gasteiger partial charge in [-0.2, -0.15) is 0 Å². The van der Waals surface area contributed by atoms with Crippen LogP contribution >= 0.6 is 11.6 Å². The van der Waals surface area contributed by atoms with Crippen LogP contribution in [0.2, 0.25) is 5.02 Å². The van der Waals surface area contributed by atoms with Gasteiger partial charge in [-0.25, -0.2) is 0 Å². The van der Waals surface area contributed by atoms with Crippen LogP contribution < -0.4 is 5.32 Å². The quantitative estimate of drug-likeness (QED) is 0.916. The number of carbonyl (C=O) groups excluding carboxylic acids is 1. The Bertz CT molecular complexity index is 654. The van der Waals surface area contributed by atoms with E-state index in [2.05, 4.69) is 23.5 Å². The number of carbonyl (C=O) groups is 1. The van der Waals surface area contributed by atoms with Crippen LogP contribution in [0.15, 0.2) is 48.5 Å². The van der Waals surface area contributed by atoms with E-state index in [0.717, 1.165) is 22.6 Å². The number of hydrogen-bond acceptors (Lipinski definition) is 1. The van der Waals surface area contributed by atoms with Gasteiger partial charge in [-0.15, -0.1) is 0 Å². The van der Waals surface area contributed by atoms with E-state index in [1.807, 2.05) is 37.3 Å². The molecule has 0 bridgehead atoms. The maximum atomic E-state index is 11.8. The second-order valence-electron chi connectivity index (χ2n) is 5.68. The third-order valence-corrected chi connectivity index (χ3v) is 4.57. The van der Waals surface area contributed by atoms with Gasteiger partial charge in [0.15, 0.2) is 0 Å². The zero-order chi connectivity index (χ0) is 14.8. The summed E-state index contributed by atoms with van der Waals surface area (Å²) in [6, 6.07) is 16.5. The Morgan fingerprint density at radius 1 is 1.19 bits per heavy atom. The molecule has 3 heteroatoms. The Balaban J connectivity index is 1.85. The minimum atomic E-state index is 0.123. The predicted octanol–water partition coefficient (Wildman–Crippen LogP) is 3.86. The van der Waals surface area contributed by atoms with E-state index in [1.54, 1.807) is 0 Å². The zero-order valence-corrected chi connectivity index (χ0v) is 12.7. The summed E-state index contributed by atoms with van der Waals surface area (Å²) in [4.78, 5) is 11.8. The van der Waals surface area contributed by atoms with Crippen molar-refractivity contribution in [3.05, 3.63) is 70.2 Å². The molecule has 108 valence electrons. The summed E-state index contributed by atoms with van der Waals surface area (Å²) in [5.41, 5.74) is 3.45. The molecule has 1 aliphatic rings. The van der Waals surface area contributed by atoms with Crippen LogP contribution in [-0.2, 0) is 11.2 Å². The van der Waals surface area contributed by atoms with Gasteiger partial charge in [0.2, 0.25) is 5.91 Å². The monoisotopic (exact) mass is 299 g/mol. The van der Waals surface area contributed by atoms with Gasteiger partial charge in [0.1, 0.15) is 0 Å². The number of halogens is 1. The third kappa shape index (κ3) is 3.11. The van der Waals surface area contributed by atoms with Crippen molar-refractivity contribution >= 4 is 17.5 Å². The molecule has 2 atom stereocenters. The van der Waals surface area contributed by atoms with Crippen molar-refractivity contribution in [3.8, 4) is 0 Å². The molecule has 0 saturated carbocycles. The summed E-state index contributed by atoms with van der Waals surface area (Å²) >= 11 is 6.23. The topological polar surface area (TPSA) is 29.1 Å². The third-order valence-electron chi connectivity index (χ3n) is 4.16. The van der Waals surface area contributed by atoms with Gasteiger partial charge in [0, 0.05) is 23.4 Å². The van der Waals surface area contributed by atoms with Crippen molar-refractivity contribution in [2.45, 2.75) is 31.7 Å². The Labute approximate surface area is 130 Å². The van der Waals surface area contributed by atoms with Crippen LogP contribution in [0, 0.1) is 6.92 Å². The van der Waals surface area contributed by atoms with Gasteiger partial charge in [-0.05, 0) is 36.1 Å². The molecule has 2 aromatic rings. The van der Waals surface area contributed by atoms with Gasteiger partial charge < -0.3 is 5.32 Å². The second-order valence-corrected chi connectivity index (χ2v) is 6.09. The number of benzene rings is 2. The van der Waals surface area contributed by atoms with Gasteiger partial charge in [0.05, 0.1) is 0 Å². The fourth-order valence-electron chi connectivity index (χ4n) is 2.96. The predicted molar refractivity (Wildman–Crippen MR) is 85.6 cm³/mol. The number of hydrogen-bond donors (Lipinski definition) is 1. The van der Waals surface area contributed by atoms with Gasteiger partial charge in [-0.3, -0.25) is 4.79 Å². The molecule has 1 N–H and O–H groups in total. The molecule has 3 rings (SSSR count). The Morgan fingerprint density at radius 2 is 1.95 bits per heavy atom. The average Bonchev–Trinajstić information content (AvgIpc) is 2.84. The van der Waals surface area contributed by atoms with E-state index in [9.17, 15) is 4.79 Å². The van der Waals surface area contributed by atoms with E-state index in [0.29, 0.717) is 6.42 Å². The second kappa shape index (κ2) is 5.90. The summed E-state index contributed by atoms with van der Waals surface area (Å²) < 4.78 is 0. The number of rotatable bonds is 3. The lowest BCUT2D eigenvalue weighted by Crippen LogP contribution is -2.30. The fourth-order valence-corrected chi connectivity index (χ4v) is 3.15. The lowest BCUT2D eigenvalue weighted by atomic mass is 9.88. The molecule has 1 aliphatic heterocycles. The van der Waals surface area contributed by atoms with Crippen molar-refractivity contribution in [1.29, 1.82) is 0 Å². The van der Waals surface area contributed by atoms with Crippen molar-refractivity contribution in [2.75, 3.05) is 0 Å². The number of nitrogens with one attached hydrogen (secondary N) is 1. The first-order chi connectivity index (χ1) is 10.1. The summed E-state index contributed by atoms with van der Waals surface area (Å²) in [5.74, 6) is 0.313. The minimum Gasteiger partial charge on any atom is -0.352 e. The maximum absolute atomic E-state index is 11.8. The molecule has 21 heavy (non-hydrogen) atoms. The van der Waals surface area contributed by atoms with E-state index >= 15 is 0 Å². The van der Waals surface area contributed by atoms with Crippen LogP contribution in [0.25, 0.3) is 0 Å². The highest BCUT2D eigenvalue weighted by atomic mass is 35.5. The summed E-state index contributed by atoms with van der Waals surface area (Å²) in [6.45, 7) is 1.99. The normalized spacial score (nSPS) is 21.3. The van der Waals surface area contributed by atoms with Crippen molar-refractivity contribution in [3.63, 3.8) is 0 Å². The van der Waals surface area contributed by atoms with Crippen LogP contribution in [0.1, 0.15) is 29.0 Å². The Kier molecular flexibility index (Phi) is 3.98. The van der Waals surface area contributed by atoms with Crippen LogP contribution in [0.5, 0.6) is 0 Å². The Hall–Kier alpha value is -1.80. The van der Waals surface area contributed by atoms with Gasteiger partial charge in [0.25, 0.3) is 0 Å². The standard InChI is InChI=1S/C18H18ClNO/c1-12-7-8-14(10-16(12)19)15-11-18(21)20-17(15)9-13-5-3-2-4-6-13/h2-8,10,15,17H,9,11H2,1H3,(H,20,21). The first-order valence-corrected chi connectivity index (χ1v) is 7.60. The molecule has 2 unspecified atom stereocenters. The summed E-state index contributed by atoms with van der Waals surface area (Å²) in [7, 11) is 0. The molecule has 0 aliphatic carbocycles. The zero-order valence-electron chi connectivity index (χ0n) is 12.0. The van der Waals surface area contributed by atoms with Crippen LogP contribution in [-0.4, -0.2) is 11.9 Å². The van der Waals surface area contributed by atoms with E-state index < -0.39 is 0 Å². The number of aryl methyl sites for hydroxylation is 1. The highest BCUT2D eigenvalue weighted by Crippen LogP contribution is 2.32. The molecule has 1 heterocycles. The first-order valence-electron chi connectivity index (χ1n) is 7.23. The van der Waals surface area contributed by atoms with Crippen molar-refractivity contribution < 1.29 is 4.79 Å². The lowest BCUT2D eigenvalue weighted by Gasteiger charge is -2.20. The highest BCUT2D eigenvalue weighted by Gasteiger charge is 2.33. The van der Waals surface area contributed by atoms with Gasteiger partial charge in [-0.1, -0.05) is 54.1 Å². The van der Waals surface area contributed by atoms with E-state index in [1.165, 1.54) is 5.56 Å². The Morgan fingerprint density at radius 3 is 2.67 bits per heavy atom.